The fourth-order valence-electron chi connectivity index (χ4n) is 2.21. The molecule has 0 aromatic carbocycles. The zero-order chi connectivity index (χ0) is 16.4. The van der Waals surface area contributed by atoms with Gasteiger partial charge in [0.15, 0.2) is 11.6 Å². The molecular weight excluding hydrogens is 286 g/mol. The maximum absolute atomic E-state index is 4.59. The van der Waals surface area contributed by atoms with Crippen molar-refractivity contribution in [3.05, 3.63) is 53.6 Å². The lowest BCUT2D eigenvalue weighted by Gasteiger charge is -2.09. The van der Waals surface area contributed by atoms with Gasteiger partial charge in [0, 0.05) is 17.3 Å². The number of aryl methyl sites for hydroxylation is 2. The maximum atomic E-state index is 4.59. The Hall–Kier alpha value is -2.69. The van der Waals surface area contributed by atoms with Crippen LogP contribution in [0.25, 0.3) is 23.0 Å². The summed E-state index contributed by atoms with van der Waals surface area (Å²) in [4.78, 5) is 22.8. The average molecular weight is 305 g/mol. The van der Waals surface area contributed by atoms with Gasteiger partial charge in [0.25, 0.3) is 0 Å². The third kappa shape index (κ3) is 3.39. The standard InChI is InChI=1S/C18H19N5/c1-11(2)16-21-17(14-9-5-7-12(3)19-14)23-18(22-16)15-10-6-8-13(4)20-15/h5-11H,1-4H3. The molecule has 0 amide bonds. The highest BCUT2D eigenvalue weighted by molar-refractivity contribution is 5.56. The van der Waals surface area contributed by atoms with E-state index in [0.717, 1.165) is 28.6 Å². The molecule has 0 radical (unpaired) electrons. The van der Waals surface area contributed by atoms with Crippen LogP contribution in [0, 0.1) is 13.8 Å². The number of pyridine rings is 2. The quantitative estimate of drug-likeness (QED) is 0.737. The predicted molar refractivity (Wildman–Crippen MR) is 89.9 cm³/mol. The Bertz CT molecular complexity index is 779. The molecule has 3 heterocycles. The van der Waals surface area contributed by atoms with Crippen LogP contribution in [0.15, 0.2) is 36.4 Å². The van der Waals surface area contributed by atoms with Gasteiger partial charge < -0.3 is 0 Å². The number of hydrogen-bond donors (Lipinski definition) is 0. The van der Waals surface area contributed by atoms with Crippen molar-refractivity contribution in [1.29, 1.82) is 0 Å². The van der Waals surface area contributed by atoms with E-state index in [1.807, 2.05) is 50.2 Å². The van der Waals surface area contributed by atoms with Crippen LogP contribution in [-0.2, 0) is 0 Å². The predicted octanol–water partition coefficient (Wildman–Crippen LogP) is 3.74. The van der Waals surface area contributed by atoms with E-state index in [4.69, 9.17) is 0 Å². The summed E-state index contributed by atoms with van der Waals surface area (Å²) in [6.07, 6.45) is 0. The molecule has 0 aliphatic heterocycles. The van der Waals surface area contributed by atoms with Gasteiger partial charge in [-0.05, 0) is 38.1 Å². The summed E-state index contributed by atoms with van der Waals surface area (Å²) in [5.41, 5.74) is 3.37. The van der Waals surface area contributed by atoms with Crippen molar-refractivity contribution in [3.8, 4) is 23.0 Å². The third-order valence-electron chi connectivity index (χ3n) is 3.40. The molecule has 5 heteroatoms. The van der Waals surface area contributed by atoms with Gasteiger partial charge in [-0.25, -0.2) is 24.9 Å². The zero-order valence-corrected chi connectivity index (χ0v) is 13.8. The first-order valence-electron chi connectivity index (χ1n) is 7.67. The lowest BCUT2D eigenvalue weighted by molar-refractivity contribution is 0.763. The van der Waals surface area contributed by atoms with E-state index in [9.17, 15) is 0 Å². The first-order valence-corrected chi connectivity index (χ1v) is 7.67. The van der Waals surface area contributed by atoms with Gasteiger partial charge in [0.2, 0.25) is 0 Å². The Balaban J connectivity index is 2.17. The minimum Gasteiger partial charge on any atom is -0.250 e. The second-order valence-corrected chi connectivity index (χ2v) is 5.82. The maximum Gasteiger partial charge on any atom is 0.182 e. The molecule has 0 aliphatic rings. The number of rotatable bonds is 3. The molecule has 0 saturated carbocycles. The van der Waals surface area contributed by atoms with E-state index in [1.54, 1.807) is 0 Å². The Morgan fingerprint density at radius 1 is 0.652 bits per heavy atom. The number of hydrogen-bond acceptors (Lipinski definition) is 5. The normalized spacial score (nSPS) is 11.0. The van der Waals surface area contributed by atoms with Gasteiger partial charge in [0.1, 0.15) is 17.2 Å². The van der Waals surface area contributed by atoms with Crippen molar-refractivity contribution < 1.29 is 0 Å². The highest BCUT2D eigenvalue weighted by Crippen LogP contribution is 2.21. The van der Waals surface area contributed by atoms with Crippen molar-refractivity contribution in [2.75, 3.05) is 0 Å². The minimum atomic E-state index is 0.199. The molecule has 3 aromatic heterocycles. The van der Waals surface area contributed by atoms with Crippen LogP contribution in [-0.4, -0.2) is 24.9 Å². The van der Waals surface area contributed by atoms with E-state index in [-0.39, 0.29) is 5.92 Å². The summed E-state index contributed by atoms with van der Waals surface area (Å²) < 4.78 is 0. The molecule has 0 atom stereocenters. The van der Waals surface area contributed by atoms with Crippen LogP contribution in [0.1, 0.15) is 37.0 Å². The lowest BCUT2D eigenvalue weighted by Crippen LogP contribution is -2.06. The summed E-state index contributed by atoms with van der Waals surface area (Å²) in [5.74, 6) is 2.12. The van der Waals surface area contributed by atoms with E-state index in [0.29, 0.717) is 11.6 Å². The first kappa shape index (κ1) is 15.2. The Labute approximate surface area is 135 Å². The summed E-state index contributed by atoms with van der Waals surface area (Å²) in [6, 6.07) is 11.7. The fourth-order valence-corrected chi connectivity index (χ4v) is 2.21. The van der Waals surface area contributed by atoms with Gasteiger partial charge in [0.05, 0.1) is 0 Å². The molecule has 0 unspecified atom stereocenters. The summed E-state index contributed by atoms with van der Waals surface area (Å²) in [6.45, 7) is 8.04. The highest BCUT2D eigenvalue weighted by atomic mass is 15.1. The molecule has 0 spiro atoms. The van der Waals surface area contributed by atoms with Crippen LogP contribution in [0.5, 0.6) is 0 Å². The average Bonchev–Trinajstić information content (AvgIpc) is 2.54. The minimum absolute atomic E-state index is 0.199. The second kappa shape index (κ2) is 6.20. The molecule has 0 N–H and O–H groups in total. The Morgan fingerprint density at radius 3 is 1.52 bits per heavy atom. The van der Waals surface area contributed by atoms with Crippen molar-refractivity contribution in [1.82, 2.24) is 24.9 Å². The smallest absolute Gasteiger partial charge is 0.182 e. The SMILES string of the molecule is Cc1cccc(-c2nc(-c3cccc(C)n3)nc(C(C)C)n2)n1. The van der Waals surface area contributed by atoms with Gasteiger partial charge in [-0.1, -0.05) is 26.0 Å². The Kier molecular flexibility index (Phi) is 4.10. The molecule has 0 aliphatic carbocycles. The summed E-state index contributed by atoms with van der Waals surface area (Å²) in [5, 5.41) is 0. The van der Waals surface area contributed by atoms with E-state index in [2.05, 4.69) is 38.8 Å². The van der Waals surface area contributed by atoms with Crippen LogP contribution in [0.3, 0.4) is 0 Å². The van der Waals surface area contributed by atoms with Crippen LogP contribution in [0.2, 0.25) is 0 Å². The molecule has 3 aromatic rings. The van der Waals surface area contributed by atoms with Gasteiger partial charge >= 0.3 is 0 Å². The van der Waals surface area contributed by atoms with Gasteiger partial charge in [-0.3, -0.25) is 0 Å². The van der Waals surface area contributed by atoms with Crippen LogP contribution < -0.4 is 0 Å². The van der Waals surface area contributed by atoms with Crippen molar-refractivity contribution >= 4 is 0 Å². The first-order chi connectivity index (χ1) is 11.0. The van der Waals surface area contributed by atoms with Crippen LogP contribution in [0.4, 0.5) is 0 Å². The highest BCUT2D eigenvalue weighted by Gasteiger charge is 2.14. The van der Waals surface area contributed by atoms with Crippen molar-refractivity contribution in [3.63, 3.8) is 0 Å². The monoisotopic (exact) mass is 305 g/mol. The second-order valence-electron chi connectivity index (χ2n) is 5.82. The largest absolute Gasteiger partial charge is 0.250 e. The number of nitrogens with zero attached hydrogens (tertiary/aromatic N) is 5. The molecule has 3 rings (SSSR count). The van der Waals surface area contributed by atoms with Crippen molar-refractivity contribution in [2.45, 2.75) is 33.6 Å². The zero-order valence-electron chi connectivity index (χ0n) is 13.8. The molecule has 23 heavy (non-hydrogen) atoms. The van der Waals surface area contributed by atoms with Gasteiger partial charge in [-0.2, -0.15) is 0 Å². The Morgan fingerprint density at radius 2 is 1.13 bits per heavy atom. The lowest BCUT2D eigenvalue weighted by atomic mass is 10.2. The molecular formula is C18H19N5. The van der Waals surface area contributed by atoms with E-state index >= 15 is 0 Å². The number of aromatic nitrogens is 5. The molecule has 0 bridgehead atoms. The fraction of sp³-hybridized carbons (Fsp3) is 0.278. The van der Waals surface area contributed by atoms with Crippen LogP contribution >= 0.6 is 0 Å². The van der Waals surface area contributed by atoms with E-state index < -0.39 is 0 Å². The molecule has 0 fully saturated rings. The molecule has 5 nitrogen and oxygen atoms in total. The van der Waals surface area contributed by atoms with Gasteiger partial charge in [-0.15, -0.1) is 0 Å². The summed E-state index contributed by atoms with van der Waals surface area (Å²) in [7, 11) is 0. The summed E-state index contributed by atoms with van der Waals surface area (Å²) >= 11 is 0. The molecule has 116 valence electrons. The molecule has 0 saturated heterocycles. The van der Waals surface area contributed by atoms with Crippen molar-refractivity contribution in [2.24, 2.45) is 0 Å². The third-order valence-corrected chi connectivity index (χ3v) is 3.40. The topological polar surface area (TPSA) is 64.5 Å². The van der Waals surface area contributed by atoms with E-state index in [1.165, 1.54) is 0 Å².